The maximum absolute atomic E-state index is 6.24. The van der Waals surface area contributed by atoms with Gasteiger partial charge in [-0.3, -0.25) is 0 Å². The summed E-state index contributed by atoms with van der Waals surface area (Å²) in [6.07, 6.45) is 1.11. The van der Waals surface area contributed by atoms with Gasteiger partial charge in [0.05, 0.1) is 12.3 Å². The zero-order valence-electron chi connectivity index (χ0n) is 16.5. The first-order chi connectivity index (χ1) is 13.5. The van der Waals surface area contributed by atoms with Gasteiger partial charge in [0.2, 0.25) is 5.16 Å². The SMILES string of the molecule is CCOc1cc2c(cc1CSc1nnc(-n3nc(C)cc3C)n1N)OC(C)C2. The average Bonchev–Trinajstić information content (AvgIpc) is 3.29. The van der Waals surface area contributed by atoms with Crippen molar-refractivity contribution in [2.24, 2.45) is 0 Å². The molecule has 0 aliphatic carbocycles. The van der Waals surface area contributed by atoms with Gasteiger partial charge in [0.15, 0.2) is 0 Å². The molecule has 2 N–H and O–H groups in total. The zero-order chi connectivity index (χ0) is 19.8. The Morgan fingerprint density at radius 1 is 1.29 bits per heavy atom. The fourth-order valence-electron chi connectivity index (χ4n) is 3.37. The van der Waals surface area contributed by atoms with Crippen molar-refractivity contribution < 1.29 is 9.47 Å². The fraction of sp³-hybridized carbons (Fsp3) is 0.421. The number of ether oxygens (including phenoxy) is 2. The highest BCUT2D eigenvalue weighted by molar-refractivity contribution is 7.98. The molecule has 1 aliphatic heterocycles. The molecule has 0 amide bonds. The number of nitrogens with two attached hydrogens (primary N) is 1. The number of nitrogen functional groups attached to an aromatic ring is 1. The molecule has 0 radical (unpaired) electrons. The number of nitrogens with zero attached hydrogens (tertiary/aromatic N) is 5. The Morgan fingerprint density at radius 3 is 2.82 bits per heavy atom. The topological polar surface area (TPSA) is 93.0 Å². The van der Waals surface area contributed by atoms with Crippen LogP contribution in [0.2, 0.25) is 0 Å². The van der Waals surface area contributed by atoms with Gasteiger partial charge in [-0.1, -0.05) is 11.8 Å². The minimum Gasteiger partial charge on any atom is -0.494 e. The van der Waals surface area contributed by atoms with E-state index in [2.05, 4.69) is 34.4 Å². The molecule has 0 spiro atoms. The number of thioether (sulfide) groups is 1. The second-order valence-corrected chi connectivity index (χ2v) is 7.86. The molecule has 1 unspecified atom stereocenters. The summed E-state index contributed by atoms with van der Waals surface area (Å²) < 4.78 is 14.9. The van der Waals surface area contributed by atoms with Crippen LogP contribution in [0.4, 0.5) is 0 Å². The van der Waals surface area contributed by atoms with Crippen molar-refractivity contribution >= 4 is 11.8 Å². The molecule has 8 nitrogen and oxygen atoms in total. The Kier molecular flexibility index (Phi) is 4.92. The highest BCUT2D eigenvalue weighted by atomic mass is 32.2. The summed E-state index contributed by atoms with van der Waals surface area (Å²) in [4.78, 5) is 0. The van der Waals surface area contributed by atoms with E-state index in [4.69, 9.17) is 15.3 Å². The Hall–Kier alpha value is -2.68. The quantitative estimate of drug-likeness (QED) is 0.502. The summed E-state index contributed by atoms with van der Waals surface area (Å²) >= 11 is 1.50. The van der Waals surface area contributed by atoms with Gasteiger partial charge in [0.25, 0.3) is 5.95 Å². The maximum atomic E-state index is 6.24. The first kappa shape index (κ1) is 18.7. The highest BCUT2D eigenvalue weighted by Gasteiger charge is 2.22. The van der Waals surface area contributed by atoms with E-state index >= 15 is 0 Å². The molecule has 2 aromatic heterocycles. The van der Waals surface area contributed by atoms with Gasteiger partial charge in [-0.05, 0) is 45.9 Å². The molecule has 0 saturated carbocycles. The van der Waals surface area contributed by atoms with Crippen molar-refractivity contribution in [2.75, 3.05) is 12.4 Å². The lowest BCUT2D eigenvalue weighted by Crippen LogP contribution is -2.17. The van der Waals surface area contributed by atoms with Crippen LogP contribution in [0, 0.1) is 13.8 Å². The third kappa shape index (κ3) is 3.42. The van der Waals surface area contributed by atoms with Crippen LogP contribution >= 0.6 is 11.8 Å². The first-order valence-corrected chi connectivity index (χ1v) is 10.3. The van der Waals surface area contributed by atoms with Gasteiger partial charge < -0.3 is 15.3 Å². The predicted molar refractivity (Wildman–Crippen MR) is 108 cm³/mol. The lowest BCUT2D eigenvalue weighted by atomic mass is 10.1. The van der Waals surface area contributed by atoms with Crippen LogP contribution in [0.25, 0.3) is 5.95 Å². The zero-order valence-corrected chi connectivity index (χ0v) is 17.3. The standard InChI is InChI=1S/C19H24N6O2S/c1-5-26-16-8-14-7-13(4)27-17(14)9-15(16)10-28-19-22-21-18(24(19)20)25-12(3)6-11(2)23-25/h6,8-9,13H,5,7,10,20H2,1-4H3. The molecule has 148 valence electrons. The number of aromatic nitrogens is 5. The fourth-order valence-corrected chi connectivity index (χ4v) is 4.20. The molecule has 1 aromatic carbocycles. The molecule has 4 rings (SSSR count). The summed E-state index contributed by atoms with van der Waals surface area (Å²) in [6, 6.07) is 6.13. The van der Waals surface area contributed by atoms with Crippen molar-refractivity contribution in [1.82, 2.24) is 24.7 Å². The monoisotopic (exact) mass is 400 g/mol. The molecule has 0 saturated heterocycles. The van der Waals surface area contributed by atoms with Crippen LogP contribution in [-0.4, -0.2) is 37.4 Å². The lowest BCUT2D eigenvalue weighted by Gasteiger charge is -2.12. The molecule has 9 heteroatoms. The van der Waals surface area contributed by atoms with Crippen LogP contribution in [0.3, 0.4) is 0 Å². The molecular formula is C19H24N6O2S. The van der Waals surface area contributed by atoms with Gasteiger partial charge in [-0.25, -0.2) is 9.36 Å². The third-order valence-corrected chi connectivity index (χ3v) is 5.57. The van der Waals surface area contributed by atoms with Crippen LogP contribution in [-0.2, 0) is 12.2 Å². The molecule has 3 aromatic rings. The molecular weight excluding hydrogens is 376 g/mol. The Morgan fingerprint density at radius 2 is 2.11 bits per heavy atom. The molecule has 28 heavy (non-hydrogen) atoms. The number of rotatable bonds is 6. The number of hydrogen-bond acceptors (Lipinski definition) is 7. The van der Waals surface area contributed by atoms with Crippen LogP contribution in [0.5, 0.6) is 11.5 Å². The van der Waals surface area contributed by atoms with Gasteiger partial charge in [-0.2, -0.15) is 5.10 Å². The molecule has 0 bridgehead atoms. The Balaban J connectivity index is 1.57. The first-order valence-electron chi connectivity index (χ1n) is 9.28. The van der Waals surface area contributed by atoms with Gasteiger partial charge in [0, 0.05) is 29.0 Å². The lowest BCUT2D eigenvalue weighted by molar-refractivity contribution is 0.254. The second-order valence-electron chi connectivity index (χ2n) is 6.91. The Labute approximate surface area is 168 Å². The van der Waals surface area contributed by atoms with Crippen molar-refractivity contribution in [2.45, 2.75) is 51.1 Å². The van der Waals surface area contributed by atoms with E-state index in [1.54, 1.807) is 4.68 Å². The minimum atomic E-state index is 0.197. The summed E-state index contributed by atoms with van der Waals surface area (Å²) in [5.74, 6) is 9.19. The number of fused-ring (bicyclic) bond motifs is 1. The van der Waals surface area contributed by atoms with E-state index in [1.165, 1.54) is 22.0 Å². The van der Waals surface area contributed by atoms with E-state index in [0.717, 1.165) is 34.9 Å². The van der Waals surface area contributed by atoms with Crippen LogP contribution in [0.1, 0.15) is 36.4 Å². The Bertz CT molecular complexity index is 1010. The van der Waals surface area contributed by atoms with E-state index < -0.39 is 0 Å². The number of benzene rings is 1. The minimum absolute atomic E-state index is 0.197. The number of aryl methyl sites for hydroxylation is 2. The second kappa shape index (κ2) is 7.38. The van der Waals surface area contributed by atoms with Crippen molar-refractivity contribution in [1.29, 1.82) is 0 Å². The van der Waals surface area contributed by atoms with Gasteiger partial charge in [-0.15, -0.1) is 10.2 Å². The largest absolute Gasteiger partial charge is 0.494 e. The van der Waals surface area contributed by atoms with Crippen LogP contribution < -0.4 is 15.3 Å². The molecule has 0 fully saturated rings. The maximum Gasteiger partial charge on any atom is 0.271 e. The van der Waals surface area contributed by atoms with Crippen molar-refractivity contribution in [3.05, 3.63) is 40.7 Å². The molecule has 1 atom stereocenters. The van der Waals surface area contributed by atoms with E-state index in [9.17, 15) is 0 Å². The summed E-state index contributed by atoms with van der Waals surface area (Å²) in [7, 11) is 0. The average molecular weight is 401 g/mol. The van der Waals surface area contributed by atoms with E-state index in [1.807, 2.05) is 26.8 Å². The molecule has 3 heterocycles. The molecule has 1 aliphatic rings. The normalized spacial score (nSPS) is 15.5. The summed E-state index contributed by atoms with van der Waals surface area (Å²) in [5.41, 5.74) is 4.11. The van der Waals surface area contributed by atoms with Crippen molar-refractivity contribution in [3.63, 3.8) is 0 Å². The predicted octanol–water partition coefficient (Wildman–Crippen LogP) is 2.81. The number of hydrogen-bond donors (Lipinski definition) is 1. The van der Waals surface area contributed by atoms with E-state index in [-0.39, 0.29) is 6.10 Å². The van der Waals surface area contributed by atoms with Gasteiger partial charge in [0.1, 0.15) is 17.6 Å². The third-order valence-electron chi connectivity index (χ3n) is 4.58. The van der Waals surface area contributed by atoms with Crippen LogP contribution in [0.15, 0.2) is 23.4 Å². The summed E-state index contributed by atoms with van der Waals surface area (Å²) in [5, 5.41) is 13.5. The summed E-state index contributed by atoms with van der Waals surface area (Å²) in [6.45, 7) is 8.57. The highest BCUT2D eigenvalue weighted by Crippen LogP contribution is 2.37. The van der Waals surface area contributed by atoms with Gasteiger partial charge >= 0.3 is 0 Å². The van der Waals surface area contributed by atoms with E-state index in [0.29, 0.717) is 23.5 Å². The van der Waals surface area contributed by atoms with Crippen molar-refractivity contribution in [3.8, 4) is 17.4 Å². The smallest absolute Gasteiger partial charge is 0.271 e.